The summed E-state index contributed by atoms with van der Waals surface area (Å²) in [4.78, 5) is 26.0. The normalized spacial score (nSPS) is 25.1. The number of nitrogens with one attached hydrogen (secondary N) is 2. The molecule has 0 aromatic carbocycles. The topological polar surface area (TPSA) is 64.7 Å². The summed E-state index contributed by atoms with van der Waals surface area (Å²) in [6.45, 7) is 6.04. The SMILES string of the molecule is CC(C)(C)N1C=CN2C(=O)NC(=O)NC21. The molecule has 2 aliphatic rings. The number of carbonyl (C=O) groups is 2. The van der Waals surface area contributed by atoms with Gasteiger partial charge in [0.05, 0.1) is 0 Å². The number of rotatable bonds is 0. The zero-order valence-corrected chi connectivity index (χ0v) is 8.94. The van der Waals surface area contributed by atoms with E-state index in [1.807, 2.05) is 25.7 Å². The van der Waals surface area contributed by atoms with E-state index in [9.17, 15) is 9.59 Å². The Hall–Kier alpha value is -1.72. The number of fused-ring (bicyclic) bond motifs is 1. The molecule has 1 atom stereocenters. The second-order valence-electron chi connectivity index (χ2n) is 4.56. The van der Waals surface area contributed by atoms with Gasteiger partial charge in [-0.2, -0.15) is 0 Å². The van der Waals surface area contributed by atoms with Gasteiger partial charge in [0.1, 0.15) is 0 Å². The average Bonchev–Trinajstić information content (AvgIpc) is 2.45. The molecule has 2 heterocycles. The van der Waals surface area contributed by atoms with Gasteiger partial charge in [0.15, 0.2) is 6.29 Å². The monoisotopic (exact) mass is 210 g/mol. The summed E-state index contributed by atoms with van der Waals surface area (Å²) in [6.07, 6.45) is 3.05. The highest BCUT2D eigenvalue weighted by Crippen LogP contribution is 2.25. The number of carbonyl (C=O) groups excluding carboxylic acids is 2. The summed E-state index contributed by atoms with van der Waals surface area (Å²) in [5.41, 5.74) is -0.152. The van der Waals surface area contributed by atoms with Gasteiger partial charge in [0, 0.05) is 17.9 Å². The second kappa shape index (κ2) is 2.88. The van der Waals surface area contributed by atoms with Crippen LogP contribution in [0.4, 0.5) is 9.59 Å². The number of amides is 4. The lowest BCUT2D eigenvalue weighted by molar-refractivity contribution is 0.0655. The summed E-state index contributed by atoms with van der Waals surface area (Å²) in [5, 5.41) is 4.87. The van der Waals surface area contributed by atoms with Gasteiger partial charge in [0.2, 0.25) is 0 Å². The Bertz CT molecular complexity index is 345. The van der Waals surface area contributed by atoms with Crippen molar-refractivity contribution in [2.24, 2.45) is 0 Å². The van der Waals surface area contributed by atoms with Crippen molar-refractivity contribution in [2.45, 2.75) is 32.6 Å². The average molecular weight is 210 g/mol. The molecule has 1 unspecified atom stereocenters. The van der Waals surface area contributed by atoms with E-state index >= 15 is 0 Å². The van der Waals surface area contributed by atoms with Gasteiger partial charge in [0.25, 0.3) is 0 Å². The van der Waals surface area contributed by atoms with Crippen LogP contribution in [0.3, 0.4) is 0 Å². The molecule has 0 aromatic rings. The molecule has 82 valence electrons. The van der Waals surface area contributed by atoms with Crippen LogP contribution < -0.4 is 10.6 Å². The minimum atomic E-state index is -0.459. The molecule has 0 bridgehead atoms. The van der Waals surface area contributed by atoms with Crippen LogP contribution in [-0.2, 0) is 0 Å². The summed E-state index contributed by atoms with van der Waals surface area (Å²) in [7, 11) is 0. The van der Waals surface area contributed by atoms with E-state index in [-0.39, 0.29) is 5.54 Å². The highest BCUT2D eigenvalue weighted by molar-refractivity contribution is 5.96. The highest BCUT2D eigenvalue weighted by atomic mass is 16.2. The number of imide groups is 1. The molecule has 15 heavy (non-hydrogen) atoms. The van der Waals surface area contributed by atoms with Crippen LogP contribution in [0.25, 0.3) is 0 Å². The molecule has 1 saturated heterocycles. The van der Waals surface area contributed by atoms with Gasteiger partial charge in [-0.15, -0.1) is 0 Å². The number of nitrogens with zero attached hydrogens (tertiary/aromatic N) is 2. The van der Waals surface area contributed by atoms with E-state index in [2.05, 4.69) is 10.6 Å². The van der Waals surface area contributed by atoms with Crippen molar-refractivity contribution in [1.29, 1.82) is 0 Å². The van der Waals surface area contributed by atoms with Crippen LogP contribution >= 0.6 is 0 Å². The lowest BCUT2D eigenvalue weighted by Gasteiger charge is -2.41. The van der Waals surface area contributed by atoms with Crippen LogP contribution in [-0.4, -0.2) is 33.7 Å². The van der Waals surface area contributed by atoms with Crippen LogP contribution in [0.1, 0.15) is 20.8 Å². The molecule has 6 nitrogen and oxygen atoms in total. The number of hydrogen-bond acceptors (Lipinski definition) is 3. The van der Waals surface area contributed by atoms with E-state index in [1.54, 1.807) is 12.4 Å². The first-order chi connectivity index (χ1) is 6.89. The van der Waals surface area contributed by atoms with E-state index in [0.717, 1.165) is 0 Å². The molecular weight excluding hydrogens is 196 g/mol. The van der Waals surface area contributed by atoms with Crippen molar-refractivity contribution in [2.75, 3.05) is 0 Å². The maximum atomic E-state index is 11.4. The molecule has 0 spiro atoms. The number of urea groups is 2. The zero-order chi connectivity index (χ0) is 11.2. The van der Waals surface area contributed by atoms with E-state index < -0.39 is 18.4 Å². The summed E-state index contributed by atoms with van der Waals surface area (Å²) in [6, 6.07) is -0.856. The molecule has 2 rings (SSSR count). The molecule has 2 aliphatic heterocycles. The van der Waals surface area contributed by atoms with Crippen molar-refractivity contribution in [3.05, 3.63) is 12.4 Å². The summed E-state index contributed by atoms with van der Waals surface area (Å²) >= 11 is 0. The molecular formula is C9H14N4O2. The number of hydrogen-bond donors (Lipinski definition) is 2. The van der Waals surface area contributed by atoms with Crippen molar-refractivity contribution >= 4 is 12.1 Å². The Morgan fingerprint density at radius 1 is 1.27 bits per heavy atom. The smallest absolute Gasteiger partial charge is 0.332 e. The van der Waals surface area contributed by atoms with E-state index in [4.69, 9.17) is 0 Å². The van der Waals surface area contributed by atoms with E-state index in [1.165, 1.54) is 4.90 Å². The Kier molecular flexibility index (Phi) is 1.89. The molecule has 0 saturated carbocycles. The Labute approximate surface area is 87.9 Å². The van der Waals surface area contributed by atoms with Gasteiger partial charge in [-0.1, -0.05) is 0 Å². The van der Waals surface area contributed by atoms with Crippen molar-refractivity contribution in [3.63, 3.8) is 0 Å². The molecule has 0 aliphatic carbocycles. The van der Waals surface area contributed by atoms with Gasteiger partial charge in [-0.05, 0) is 20.8 Å². The Balaban J connectivity index is 2.25. The van der Waals surface area contributed by atoms with Crippen LogP contribution in [0, 0.1) is 0 Å². The molecule has 0 aromatic heterocycles. The highest BCUT2D eigenvalue weighted by Gasteiger charge is 2.40. The Morgan fingerprint density at radius 3 is 2.53 bits per heavy atom. The fourth-order valence-electron chi connectivity index (χ4n) is 1.66. The largest absolute Gasteiger partial charge is 0.334 e. The molecule has 4 amide bonds. The third-order valence-corrected chi connectivity index (χ3v) is 2.40. The first-order valence-corrected chi connectivity index (χ1v) is 4.76. The maximum Gasteiger partial charge on any atom is 0.332 e. The van der Waals surface area contributed by atoms with Gasteiger partial charge in [-0.25, -0.2) is 9.59 Å². The first kappa shape index (κ1) is 9.82. The minimum Gasteiger partial charge on any atom is -0.334 e. The molecule has 1 fully saturated rings. The fourth-order valence-corrected chi connectivity index (χ4v) is 1.66. The lowest BCUT2D eigenvalue weighted by atomic mass is 10.1. The van der Waals surface area contributed by atoms with E-state index in [0.29, 0.717) is 0 Å². The minimum absolute atomic E-state index is 0.152. The third-order valence-electron chi connectivity index (χ3n) is 2.40. The van der Waals surface area contributed by atoms with Crippen molar-refractivity contribution < 1.29 is 9.59 Å². The van der Waals surface area contributed by atoms with Crippen molar-refractivity contribution in [1.82, 2.24) is 20.4 Å². The quantitative estimate of drug-likeness (QED) is 0.615. The second-order valence-corrected chi connectivity index (χ2v) is 4.56. The molecule has 6 heteroatoms. The van der Waals surface area contributed by atoms with Crippen molar-refractivity contribution in [3.8, 4) is 0 Å². The predicted octanol–water partition coefficient (Wildman–Crippen LogP) is 0.590. The van der Waals surface area contributed by atoms with Crippen LogP contribution in [0.15, 0.2) is 12.4 Å². The van der Waals surface area contributed by atoms with Gasteiger partial charge in [-0.3, -0.25) is 15.5 Å². The predicted molar refractivity (Wildman–Crippen MR) is 53.4 cm³/mol. The standard InChI is InChI=1S/C9H14N4O2/c1-9(2,3)13-5-4-12-7(13)10-6(14)11-8(12)15/h4-5,7H,1-3H3,(H2,10,11,14,15). The van der Waals surface area contributed by atoms with Gasteiger partial charge >= 0.3 is 12.1 Å². The first-order valence-electron chi connectivity index (χ1n) is 4.76. The lowest BCUT2D eigenvalue weighted by Crippen LogP contribution is -2.66. The van der Waals surface area contributed by atoms with Gasteiger partial charge < -0.3 is 4.90 Å². The Morgan fingerprint density at radius 2 is 1.93 bits per heavy atom. The van der Waals surface area contributed by atoms with Crippen LogP contribution in [0.2, 0.25) is 0 Å². The fraction of sp³-hybridized carbons (Fsp3) is 0.556. The summed E-state index contributed by atoms with van der Waals surface area (Å²) < 4.78 is 0. The zero-order valence-electron chi connectivity index (χ0n) is 8.94. The maximum absolute atomic E-state index is 11.4. The molecule has 0 radical (unpaired) electrons. The molecule has 2 N–H and O–H groups in total. The third kappa shape index (κ3) is 1.51. The summed E-state index contributed by atoms with van der Waals surface area (Å²) in [5.74, 6) is 0. The van der Waals surface area contributed by atoms with Crippen LogP contribution in [0.5, 0.6) is 0 Å².